The maximum Gasteiger partial charge on any atom is 0.219 e. The van der Waals surface area contributed by atoms with E-state index in [2.05, 4.69) is 18.2 Å². The van der Waals surface area contributed by atoms with Crippen molar-refractivity contribution in [2.75, 3.05) is 6.54 Å². The van der Waals surface area contributed by atoms with Gasteiger partial charge in [0.1, 0.15) is 5.78 Å². The van der Waals surface area contributed by atoms with Crippen molar-refractivity contribution >= 4 is 11.7 Å². The molecule has 3 heteroatoms. The predicted molar refractivity (Wildman–Crippen MR) is 67.6 cm³/mol. The minimum Gasteiger partial charge on any atom is -0.338 e. The number of benzene rings is 1. The van der Waals surface area contributed by atoms with Crippen LogP contribution in [0, 0.1) is 0 Å². The van der Waals surface area contributed by atoms with Crippen LogP contribution in [0.5, 0.6) is 0 Å². The molecule has 1 aliphatic rings. The minimum atomic E-state index is 0.167. The largest absolute Gasteiger partial charge is 0.338 e. The van der Waals surface area contributed by atoms with E-state index in [0.29, 0.717) is 0 Å². The van der Waals surface area contributed by atoms with Crippen molar-refractivity contribution in [1.29, 1.82) is 0 Å². The van der Waals surface area contributed by atoms with E-state index < -0.39 is 0 Å². The molecule has 0 saturated carbocycles. The smallest absolute Gasteiger partial charge is 0.219 e. The molecule has 2 rings (SSSR count). The summed E-state index contributed by atoms with van der Waals surface area (Å²) >= 11 is 0. The number of Topliss-reactive ketones (excluding diaryl/α,β-unsaturated/α-hetero) is 1. The van der Waals surface area contributed by atoms with E-state index in [1.807, 2.05) is 11.0 Å². The highest BCUT2D eigenvalue weighted by Crippen LogP contribution is 2.17. The Morgan fingerprint density at radius 3 is 2.12 bits per heavy atom. The lowest BCUT2D eigenvalue weighted by Crippen LogP contribution is -2.34. The summed E-state index contributed by atoms with van der Waals surface area (Å²) in [4.78, 5) is 22.5. The molecule has 1 aromatic rings. The third kappa shape index (κ3) is 4.39. The summed E-state index contributed by atoms with van der Waals surface area (Å²) in [5.74, 6) is 0.342. The third-order valence-corrected chi connectivity index (χ3v) is 2.58. The zero-order valence-corrected chi connectivity index (χ0v) is 10.7. The number of carbonyl (C=O) groups is 2. The average molecular weight is 233 g/mol. The minimum absolute atomic E-state index is 0.167. The molecule has 1 aliphatic heterocycles. The molecule has 0 fully saturated rings. The van der Waals surface area contributed by atoms with Gasteiger partial charge in [-0.15, -0.1) is 0 Å². The Labute approximate surface area is 102 Å². The maximum atomic E-state index is 11.1. The van der Waals surface area contributed by atoms with Crippen LogP contribution in [0.15, 0.2) is 24.3 Å². The van der Waals surface area contributed by atoms with E-state index >= 15 is 0 Å². The molecule has 3 nitrogen and oxygen atoms in total. The Kier molecular flexibility index (Phi) is 4.88. The van der Waals surface area contributed by atoms with Gasteiger partial charge in [0.05, 0.1) is 0 Å². The fourth-order valence-corrected chi connectivity index (χ4v) is 1.76. The Morgan fingerprint density at radius 1 is 1.06 bits per heavy atom. The van der Waals surface area contributed by atoms with Gasteiger partial charge in [-0.1, -0.05) is 24.3 Å². The number of hydrogen-bond donors (Lipinski definition) is 0. The fourth-order valence-electron chi connectivity index (χ4n) is 1.76. The van der Waals surface area contributed by atoms with Crippen LogP contribution in [0.25, 0.3) is 0 Å². The number of ketones is 1. The molecule has 1 heterocycles. The molecule has 0 aliphatic carbocycles. The molecule has 92 valence electrons. The second kappa shape index (κ2) is 6.18. The highest BCUT2D eigenvalue weighted by atomic mass is 16.2. The molecule has 0 spiro atoms. The zero-order chi connectivity index (χ0) is 12.8. The Hall–Kier alpha value is -1.64. The van der Waals surface area contributed by atoms with Gasteiger partial charge in [0, 0.05) is 20.0 Å². The molecule has 0 atom stereocenters. The van der Waals surface area contributed by atoms with E-state index in [1.165, 1.54) is 25.0 Å². The molecule has 1 aromatic carbocycles. The third-order valence-electron chi connectivity index (χ3n) is 2.58. The van der Waals surface area contributed by atoms with Gasteiger partial charge in [-0.05, 0) is 31.4 Å². The molecule has 0 radical (unpaired) electrons. The standard InChI is InChI=1S/C11H13NO.C3H6O/c1-9(13)12-7-6-10-4-2-3-5-11(10)8-12;1-3(2)4/h2-5H,6-8H2,1H3;1-2H3. The summed E-state index contributed by atoms with van der Waals surface area (Å²) in [6.45, 7) is 6.34. The number of nitrogens with zero attached hydrogens (tertiary/aromatic N) is 1. The number of fused-ring (bicyclic) bond motifs is 1. The monoisotopic (exact) mass is 233 g/mol. The molecule has 0 N–H and O–H groups in total. The van der Waals surface area contributed by atoms with Crippen LogP contribution in [-0.2, 0) is 22.6 Å². The van der Waals surface area contributed by atoms with Crippen LogP contribution in [-0.4, -0.2) is 23.1 Å². The first-order valence-corrected chi connectivity index (χ1v) is 5.80. The Morgan fingerprint density at radius 2 is 1.59 bits per heavy atom. The highest BCUT2D eigenvalue weighted by molar-refractivity contribution is 5.73. The lowest BCUT2D eigenvalue weighted by Gasteiger charge is -2.27. The highest BCUT2D eigenvalue weighted by Gasteiger charge is 2.16. The molecule has 17 heavy (non-hydrogen) atoms. The lowest BCUT2D eigenvalue weighted by atomic mass is 10.00. The van der Waals surface area contributed by atoms with E-state index in [4.69, 9.17) is 0 Å². The summed E-state index contributed by atoms with van der Waals surface area (Å²) in [5, 5.41) is 0. The van der Waals surface area contributed by atoms with Gasteiger partial charge in [-0.2, -0.15) is 0 Å². The zero-order valence-electron chi connectivity index (χ0n) is 10.7. The van der Waals surface area contributed by atoms with Crippen LogP contribution >= 0.6 is 0 Å². The first kappa shape index (κ1) is 13.4. The van der Waals surface area contributed by atoms with Crippen molar-refractivity contribution in [3.63, 3.8) is 0 Å². The summed E-state index contributed by atoms with van der Waals surface area (Å²) in [5.41, 5.74) is 2.68. The quantitative estimate of drug-likeness (QED) is 0.689. The Balaban J connectivity index is 0.000000317. The van der Waals surface area contributed by atoms with Gasteiger partial charge < -0.3 is 9.69 Å². The van der Waals surface area contributed by atoms with Gasteiger partial charge in [-0.3, -0.25) is 4.79 Å². The van der Waals surface area contributed by atoms with Gasteiger partial charge >= 0.3 is 0 Å². The summed E-state index contributed by atoms with van der Waals surface area (Å²) in [6, 6.07) is 8.34. The fraction of sp³-hybridized carbons (Fsp3) is 0.429. The summed E-state index contributed by atoms with van der Waals surface area (Å²) < 4.78 is 0. The van der Waals surface area contributed by atoms with Crippen LogP contribution in [0.1, 0.15) is 31.9 Å². The average Bonchev–Trinajstić information content (AvgIpc) is 2.27. The first-order chi connectivity index (χ1) is 8.00. The van der Waals surface area contributed by atoms with Crippen LogP contribution < -0.4 is 0 Å². The second-order valence-electron chi connectivity index (χ2n) is 4.37. The molecular weight excluding hydrogens is 214 g/mol. The van der Waals surface area contributed by atoms with Gasteiger partial charge in [0.25, 0.3) is 0 Å². The second-order valence-corrected chi connectivity index (χ2v) is 4.37. The van der Waals surface area contributed by atoms with E-state index in [0.717, 1.165) is 19.5 Å². The van der Waals surface area contributed by atoms with Crippen molar-refractivity contribution in [2.45, 2.75) is 33.7 Å². The van der Waals surface area contributed by atoms with Crippen molar-refractivity contribution < 1.29 is 9.59 Å². The molecule has 0 bridgehead atoms. The van der Waals surface area contributed by atoms with Crippen LogP contribution in [0.3, 0.4) is 0 Å². The molecule has 0 aromatic heterocycles. The first-order valence-electron chi connectivity index (χ1n) is 5.80. The maximum absolute atomic E-state index is 11.1. The summed E-state index contributed by atoms with van der Waals surface area (Å²) in [7, 11) is 0. The normalized spacial score (nSPS) is 13.2. The van der Waals surface area contributed by atoms with Crippen LogP contribution in [0.2, 0.25) is 0 Å². The molecule has 0 saturated heterocycles. The summed E-state index contributed by atoms with van der Waals surface area (Å²) in [6.07, 6.45) is 0.996. The molecule has 1 amide bonds. The number of rotatable bonds is 0. The number of amides is 1. The van der Waals surface area contributed by atoms with Crippen molar-refractivity contribution in [1.82, 2.24) is 4.90 Å². The van der Waals surface area contributed by atoms with E-state index in [-0.39, 0.29) is 11.7 Å². The van der Waals surface area contributed by atoms with Crippen LogP contribution in [0.4, 0.5) is 0 Å². The van der Waals surface area contributed by atoms with Gasteiger partial charge in [0.15, 0.2) is 0 Å². The van der Waals surface area contributed by atoms with E-state index in [9.17, 15) is 9.59 Å². The lowest BCUT2D eigenvalue weighted by molar-refractivity contribution is -0.129. The predicted octanol–water partition coefficient (Wildman–Crippen LogP) is 2.19. The van der Waals surface area contributed by atoms with Crippen molar-refractivity contribution in [3.8, 4) is 0 Å². The number of carbonyl (C=O) groups excluding carboxylic acids is 2. The molecule has 0 unspecified atom stereocenters. The number of hydrogen-bond acceptors (Lipinski definition) is 2. The Bertz CT molecular complexity index is 408. The van der Waals surface area contributed by atoms with E-state index in [1.54, 1.807) is 6.92 Å². The SMILES string of the molecule is CC(=O)N1CCc2ccccc2C1.CC(C)=O. The topological polar surface area (TPSA) is 37.4 Å². The van der Waals surface area contributed by atoms with Gasteiger partial charge in [-0.25, -0.2) is 0 Å². The van der Waals surface area contributed by atoms with Crippen molar-refractivity contribution in [2.24, 2.45) is 0 Å². The van der Waals surface area contributed by atoms with Gasteiger partial charge in [0.2, 0.25) is 5.91 Å². The molecular formula is C14H19NO2. The van der Waals surface area contributed by atoms with Crippen molar-refractivity contribution in [3.05, 3.63) is 35.4 Å².